The Morgan fingerprint density at radius 1 is 1.59 bits per heavy atom. The van der Waals surface area contributed by atoms with Crippen LogP contribution in [0, 0.1) is 0 Å². The van der Waals surface area contributed by atoms with Gasteiger partial charge in [0.2, 0.25) is 5.91 Å². The van der Waals surface area contributed by atoms with Crippen molar-refractivity contribution in [1.82, 2.24) is 10.6 Å². The number of hydrogen-bond donors (Lipinski definition) is 2. The second kappa shape index (κ2) is 7.55. The van der Waals surface area contributed by atoms with Crippen molar-refractivity contribution >= 4 is 23.6 Å². The maximum absolute atomic E-state index is 11.7. The number of amides is 1. The van der Waals surface area contributed by atoms with Gasteiger partial charge in [0.05, 0.1) is 7.11 Å². The average molecular weight is 260 g/mol. The van der Waals surface area contributed by atoms with Crippen LogP contribution in [0.4, 0.5) is 0 Å². The molecule has 1 aliphatic rings. The highest BCUT2D eigenvalue weighted by atomic mass is 32.2. The number of thioether (sulfide) groups is 1. The molecule has 98 valence electrons. The van der Waals surface area contributed by atoms with E-state index in [0.29, 0.717) is 12.8 Å². The van der Waals surface area contributed by atoms with E-state index in [9.17, 15) is 9.59 Å². The van der Waals surface area contributed by atoms with Gasteiger partial charge in [-0.25, -0.2) is 4.79 Å². The summed E-state index contributed by atoms with van der Waals surface area (Å²) < 4.78 is 4.62. The molecule has 0 bridgehead atoms. The van der Waals surface area contributed by atoms with Gasteiger partial charge in [-0.05, 0) is 6.42 Å². The largest absolute Gasteiger partial charge is 0.467 e. The lowest BCUT2D eigenvalue weighted by Gasteiger charge is -2.23. The highest BCUT2D eigenvalue weighted by Gasteiger charge is 2.22. The third-order valence-electron chi connectivity index (χ3n) is 2.66. The predicted molar refractivity (Wildman–Crippen MR) is 68.0 cm³/mol. The minimum atomic E-state index is -0.524. The maximum Gasteiger partial charge on any atom is 0.328 e. The summed E-state index contributed by atoms with van der Waals surface area (Å²) in [6, 6.07) is -0.312. The molecule has 1 amide bonds. The molecule has 5 nitrogen and oxygen atoms in total. The topological polar surface area (TPSA) is 67.4 Å². The Kier molecular flexibility index (Phi) is 6.36. The maximum atomic E-state index is 11.7. The van der Waals surface area contributed by atoms with Gasteiger partial charge in [-0.3, -0.25) is 4.79 Å². The molecule has 1 saturated heterocycles. The summed E-state index contributed by atoms with van der Waals surface area (Å²) in [5.74, 6) is 1.56. The quantitative estimate of drug-likeness (QED) is 0.689. The molecule has 2 unspecified atom stereocenters. The molecule has 0 aliphatic carbocycles. The Bertz CT molecular complexity index is 267. The number of esters is 1. The molecule has 1 rings (SSSR count). The number of carbonyl (C=O) groups is 2. The van der Waals surface area contributed by atoms with E-state index in [2.05, 4.69) is 15.4 Å². The van der Waals surface area contributed by atoms with Crippen LogP contribution in [-0.4, -0.2) is 49.1 Å². The fraction of sp³-hybridized carbons (Fsp3) is 0.818. The molecule has 2 atom stereocenters. The molecule has 0 aromatic carbocycles. The Morgan fingerprint density at radius 2 is 2.35 bits per heavy atom. The van der Waals surface area contributed by atoms with Crippen LogP contribution in [0.25, 0.3) is 0 Å². The summed E-state index contributed by atoms with van der Waals surface area (Å²) in [5, 5.41) is 5.99. The molecule has 1 heterocycles. The van der Waals surface area contributed by atoms with E-state index in [4.69, 9.17) is 0 Å². The summed E-state index contributed by atoms with van der Waals surface area (Å²) in [6.45, 7) is 2.79. The van der Waals surface area contributed by atoms with Crippen molar-refractivity contribution in [1.29, 1.82) is 0 Å². The number of rotatable bonds is 5. The standard InChI is InChI=1S/C11H20N2O3S/c1-3-9(11(15)16-2)13-10(14)6-8-7-17-5-4-12-8/h8-9,12H,3-7H2,1-2H3,(H,13,14). The molecule has 2 N–H and O–H groups in total. The molecule has 0 spiro atoms. The van der Waals surface area contributed by atoms with Crippen LogP contribution in [0.2, 0.25) is 0 Å². The molecule has 6 heteroatoms. The predicted octanol–water partition coefficient (Wildman–Crippen LogP) is 0.149. The Morgan fingerprint density at radius 3 is 2.88 bits per heavy atom. The molecule has 0 aromatic heterocycles. The van der Waals surface area contributed by atoms with Crippen LogP contribution in [-0.2, 0) is 14.3 Å². The van der Waals surface area contributed by atoms with E-state index in [-0.39, 0.29) is 17.9 Å². The van der Waals surface area contributed by atoms with Gasteiger partial charge in [0.15, 0.2) is 0 Å². The number of carbonyl (C=O) groups excluding carboxylic acids is 2. The summed E-state index contributed by atoms with van der Waals surface area (Å²) in [5.41, 5.74) is 0. The molecular formula is C11H20N2O3S. The third-order valence-corrected chi connectivity index (χ3v) is 3.79. The molecule has 1 fully saturated rings. The van der Waals surface area contributed by atoms with Crippen molar-refractivity contribution in [2.75, 3.05) is 25.2 Å². The van der Waals surface area contributed by atoms with Gasteiger partial charge in [0.1, 0.15) is 6.04 Å². The SMILES string of the molecule is CCC(NC(=O)CC1CSCCN1)C(=O)OC. The monoisotopic (exact) mass is 260 g/mol. The minimum Gasteiger partial charge on any atom is -0.467 e. The lowest BCUT2D eigenvalue weighted by molar-refractivity contribution is -0.145. The smallest absolute Gasteiger partial charge is 0.328 e. The second-order valence-electron chi connectivity index (χ2n) is 3.98. The lowest BCUT2D eigenvalue weighted by atomic mass is 10.2. The fourth-order valence-electron chi connectivity index (χ4n) is 1.70. The first-order valence-electron chi connectivity index (χ1n) is 5.85. The molecule has 0 radical (unpaired) electrons. The van der Waals surface area contributed by atoms with Gasteiger partial charge < -0.3 is 15.4 Å². The van der Waals surface area contributed by atoms with Crippen LogP contribution in [0.3, 0.4) is 0 Å². The summed E-state index contributed by atoms with van der Waals surface area (Å²) in [7, 11) is 1.33. The Labute approximate surface area is 106 Å². The van der Waals surface area contributed by atoms with E-state index in [1.807, 2.05) is 18.7 Å². The molecule has 0 saturated carbocycles. The number of nitrogens with one attached hydrogen (secondary N) is 2. The summed E-state index contributed by atoms with van der Waals surface area (Å²) in [6.07, 6.45) is 0.964. The first kappa shape index (κ1) is 14.3. The number of methoxy groups -OCH3 is 1. The van der Waals surface area contributed by atoms with Crippen molar-refractivity contribution in [3.63, 3.8) is 0 Å². The molecule has 1 aliphatic heterocycles. The van der Waals surface area contributed by atoms with Crippen molar-refractivity contribution in [2.24, 2.45) is 0 Å². The van der Waals surface area contributed by atoms with Gasteiger partial charge >= 0.3 is 5.97 Å². The van der Waals surface area contributed by atoms with Crippen molar-refractivity contribution < 1.29 is 14.3 Å². The van der Waals surface area contributed by atoms with Crippen LogP contribution in [0.15, 0.2) is 0 Å². The van der Waals surface area contributed by atoms with E-state index < -0.39 is 6.04 Å². The Hall–Kier alpha value is -0.750. The molecular weight excluding hydrogens is 240 g/mol. The second-order valence-corrected chi connectivity index (χ2v) is 5.13. The third kappa shape index (κ3) is 4.95. The van der Waals surface area contributed by atoms with E-state index in [1.165, 1.54) is 7.11 Å². The first-order valence-corrected chi connectivity index (χ1v) is 7.01. The van der Waals surface area contributed by atoms with Gasteiger partial charge in [0, 0.05) is 30.5 Å². The lowest BCUT2D eigenvalue weighted by Crippen LogP contribution is -2.45. The molecule has 0 aromatic rings. The highest BCUT2D eigenvalue weighted by molar-refractivity contribution is 7.99. The van der Waals surface area contributed by atoms with Crippen molar-refractivity contribution in [3.8, 4) is 0 Å². The van der Waals surface area contributed by atoms with Gasteiger partial charge in [-0.1, -0.05) is 6.92 Å². The van der Waals surface area contributed by atoms with Crippen LogP contribution >= 0.6 is 11.8 Å². The van der Waals surface area contributed by atoms with Crippen LogP contribution in [0.5, 0.6) is 0 Å². The number of hydrogen-bond acceptors (Lipinski definition) is 5. The number of ether oxygens (including phenoxy) is 1. The normalized spacial score (nSPS) is 21.6. The summed E-state index contributed by atoms with van der Waals surface area (Å²) >= 11 is 1.85. The van der Waals surface area contributed by atoms with Crippen molar-refractivity contribution in [2.45, 2.75) is 31.8 Å². The van der Waals surface area contributed by atoms with Gasteiger partial charge in [-0.2, -0.15) is 11.8 Å². The summed E-state index contributed by atoms with van der Waals surface area (Å²) in [4.78, 5) is 23.0. The first-order chi connectivity index (χ1) is 8.17. The van der Waals surface area contributed by atoms with Crippen LogP contribution in [0.1, 0.15) is 19.8 Å². The van der Waals surface area contributed by atoms with Crippen molar-refractivity contribution in [3.05, 3.63) is 0 Å². The van der Waals surface area contributed by atoms with E-state index >= 15 is 0 Å². The molecule has 17 heavy (non-hydrogen) atoms. The zero-order chi connectivity index (χ0) is 12.7. The zero-order valence-corrected chi connectivity index (χ0v) is 11.1. The Balaban J connectivity index is 2.33. The average Bonchev–Trinajstić information content (AvgIpc) is 2.36. The highest BCUT2D eigenvalue weighted by Crippen LogP contribution is 2.10. The van der Waals surface area contributed by atoms with Gasteiger partial charge in [0.25, 0.3) is 0 Å². The van der Waals surface area contributed by atoms with E-state index in [0.717, 1.165) is 18.1 Å². The van der Waals surface area contributed by atoms with Crippen LogP contribution < -0.4 is 10.6 Å². The fourth-order valence-corrected chi connectivity index (χ4v) is 2.65. The van der Waals surface area contributed by atoms with E-state index in [1.54, 1.807) is 0 Å². The zero-order valence-electron chi connectivity index (χ0n) is 10.3. The van der Waals surface area contributed by atoms with Gasteiger partial charge in [-0.15, -0.1) is 0 Å². The minimum absolute atomic E-state index is 0.0951.